The first kappa shape index (κ1) is 18.0. The number of ether oxygens (including phenoxy) is 2. The van der Waals surface area contributed by atoms with Crippen LogP contribution >= 0.6 is 0 Å². The van der Waals surface area contributed by atoms with Crippen molar-refractivity contribution in [2.75, 3.05) is 26.3 Å². The highest BCUT2D eigenvalue weighted by molar-refractivity contribution is 5.94. The summed E-state index contributed by atoms with van der Waals surface area (Å²) in [5, 5.41) is 3.15. The monoisotopic (exact) mass is 366 g/mol. The van der Waals surface area contributed by atoms with E-state index >= 15 is 0 Å². The Morgan fingerprint density at radius 3 is 2.78 bits per heavy atom. The van der Waals surface area contributed by atoms with E-state index in [1.165, 1.54) is 5.56 Å². The average molecular weight is 366 g/mol. The van der Waals surface area contributed by atoms with Crippen LogP contribution in [0.1, 0.15) is 40.9 Å². The van der Waals surface area contributed by atoms with E-state index in [-0.39, 0.29) is 18.1 Å². The van der Waals surface area contributed by atoms with Crippen LogP contribution in [0.25, 0.3) is 0 Å². The number of hydrogen-bond donors (Lipinski definition) is 1. The second kappa shape index (κ2) is 8.11. The number of carbonyl (C=O) groups excluding carboxylic acids is 1. The van der Waals surface area contributed by atoms with Crippen LogP contribution in [0.2, 0.25) is 0 Å². The third-order valence-electron chi connectivity index (χ3n) is 5.21. The van der Waals surface area contributed by atoms with Crippen molar-refractivity contribution in [2.45, 2.75) is 32.0 Å². The van der Waals surface area contributed by atoms with Crippen molar-refractivity contribution in [2.24, 2.45) is 0 Å². The highest BCUT2D eigenvalue weighted by atomic mass is 16.5. The maximum atomic E-state index is 12.7. The molecule has 1 fully saturated rings. The molecule has 2 aromatic rings. The minimum atomic E-state index is -0.0387. The highest BCUT2D eigenvalue weighted by Gasteiger charge is 2.23. The fourth-order valence-electron chi connectivity index (χ4n) is 3.79. The molecule has 27 heavy (non-hydrogen) atoms. The van der Waals surface area contributed by atoms with Crippen molar-refractivity contribution in [3.8, 4) is 5.75 Å². The zero-order valence-corrected chi connectivity index (χ0v) is 15.7. The average Bonchev–Trinajstić information content (AvgIpc) is 2.69. The summed E-state index contributed by atoms with van der Waals surface area (Å²) in [7, 11) is 0. The molecule has 4 rings (SSSR count). The maximum Gasteiger partial charge on any atom is 0.251 e. The molecule has 2 atom stereocenters. The number of nitrogens with one attached hydrogen (secondary N) is 1. The van der Waals surface area contributed by atoms with Gasteiger partial charge in [-0.1, -0.05) is 30.3 Å². The van der Waals surface area contributed by atoms with Crippen LogP contribution in [-0.2, 0) is 11.3 Å². The Kier molecular flexibility index (Phi) is 5.41. The predicted molar refractivity (Wildman–Crippen MR) is 104 cm³/mol. The first-order valence-corrected chi connectivity index (χ1v) is 9.64. The van der Waals surface area contributed by atoms with Crippen molar-refractivity contribution in [3.63, 3.8) is 0 Å². The molecule has 0 unspecified atom stereocenters. The van der Waals surface area contributed by atoms with Crippen molar-refractivity contribution < 1.29 is 14.3 Å². The van der Waals surface area contributed by atoms with E-state index in [4.69, 9.17) is 9.47 Å². The van der Waals surface area contributed by atoms with Gasteiger partial charge in [-0.15, -0.1) is 0 Å². The van der Waals surface area contributed by atoms with Crippen LogP contribution in [0.15, 0.2) is 48.5 Å². The minimum Gasteiger partial charge on any atom is -0.493 e. The second-order valence-electron chi connectivity index (χ2n) is 7.31. The number of morpholine rings is 1. The largest absolute Gasteiger partial charge is 0.493 e. The molecule has 0 aromatic heterocycles. The van der Waals surface area contributed by atoms with Gasteiger partial charge in [-0.3, -0.25) is 9.69 Å². The number of para-hydroxylation sites is 1. The molecule has 0 bridgehead atoms. The lowest BCUT2D eigenvalue weighted by Crippen LogP contribution is -2.40. The van der Waals surface area contributed by atoms with Gasteiger partial charge in [0.15, 0.2) is 0 Å². The van der Waals surface area contributed by atoms with E-state index in [1.54, 1.807) is 0 Å². The molecule has 0 spiro atoms. The zero-order valence-electron chi connectivity index (χ0n) is 15.7. The number of benzene rings is 2. The Bertz CT molecular complexity index is 790. The second-order valence-corrected chi connectivity index (χ2v) is 7.31. The van der Waals surface area contributed by atoms with Gasteiger partial charge >= 0.3 is 0 Å². The standard InChI is InChI=1S/C22H26N2O3/c1-16-14-24(11-13-26-16)15-17-6-8-18(9-7-17)22(25)23-20-10-12-27-21-5-3-2-4-19(20)21/h2-9,16,20H,10-15H2,1H3,(H,23,25)/t16-,20-/m0/s1. The third kappa shape index (κ3) is 4.31. The predicted octanol–water partition coefficient (Wildman–Crippen LogP) is 3.16. The normalized spacial score (nSPS) is 22.6. The van der Waals surface area contributed by atoms with Gasteiger partial charge in [0.25, 0.3) is 5.91 Å². The first-order chi connectivity index (χ1) is 13.2. The van der Waals surface area contributed by atoms with E-state index < -0.39 is 0 Å². The van der Waals surface area contributed by atoms with E-state index in [0.717, 1.165) is 44.0 Å². The SMILES string of the molecule is C[C@H]1CN(Cc2ccc(C(=O)N[C@H]3CCOc4ccccc43)cc2)CCO1. The van der Waals surface area contributed by atoms with Crippen LogP contribution in [0.5, 0.6) is 5.75 Å². The lowest BCUT2D eigenvalue weighted by molar-refractivity contribution is -0.0212. The zero-order chi connectivity index (χ0) is 18.6. The van der Waals surface area contributed by atoms with Gasteiger partial charge in [0.2, 0.25) is 0 Å². The molecule has 1 saturated heterocycles. The first-order valence-electron chi connectivity index (χ1n) is 9.64. The van der Waals surface area contributed by atoms with Crippen molar-refractivity contribution >= 4 is 5.91 Å². The number of hydrogen-bond acceptors (Lipinski definition) is 4. The molecular formula is C22H26N2O3. The van der Waals surface area contributed by atoms with E-state index in [1.807, 2.05) is 48.5 Å². The minimum absolute atomic E-state index is 0.00281. The Labute approximate surface area is 160 Å². The molecule has 5 nitrogen and oxygen atoms in total. The molecular weight excluding hydrogens is 340 g/mol. The summed E-state index contributed by atoms with van der Waals surface area (Å²) in [5.74, 6) is 0.826. The topological polar surface area (TPSA) is 50.8 Å². The highest BCUT2D eigenvalue weighted by Crippen LogP contribution is 2.31. The molecule has 2 aromatic carbocycles. The van der Waals surface area contributed by atoms with E-state index in [9.17, 15) is 4.79 Å². The molecule has 0 saturated carbocycles. The molecule has 1 amide bonds. The number of amides is 1. The molecule has 2 aliphatic heterocycles. The molecule has 1 N–H and O–H groups in total. The third-order valence-corrected chi connectivity index (χ3v) is 5.21. The summed E-state index contributed by atoms with van der Waals surface area (Å²) in [6.45, 7) is 6.31. The van der Waals surface area contributed by atoms with Crippen LogP contribution in [0.3, 0.4) is 0 Å². The molecule has 5 heteroatoms. The molecule has 2 aliphatic rings. The molecule has 142 valence electrons. The van der Waals surface area contributed by atoms with Gasteiger partial charge in [-0.05, 0) is 30.7 Å². The van der Waals surface area contributed by atoms with Crippen molar-refractivity contribution in [1.82, 2.24) is 10.2 Å². The van der Waals surface area contributed by atoms with Crippen LogP contribution in [-0.4, -0.2) is 43.2 Å². The summed E-state index contributed by atoms with van der Waals surface area (Å²) < 4.78 is 11.3. The summed E-state index contributed by atoms with van der Waals surface area (Å²) >= 11 is 0. The van der Waals surface area contributed by atoms with E-state index in [0.29, 0.717) is 12.2 Å². The number of nitrogens with zero attached hydrogens (tertiary/aromatic N) is 1. The van der Waals surface area contributed by atoms with Crippen LogP contribution < -0.4 is 10.1 Å². The Hall–Kier alpha value is -2.37. The smallest absolute Gasteiger partial charge is 0.251 e. The molecule has 0 radical (unpaired) electrons. The Morgan fingerprint density at radius 1 is 1.15 bits per heavy atom. The van der Waals surface area contributed by atoms with Gasteiger partial charge in [-0.25, -0.2) is 0 Å². The van der Waals surface area contributed by atoms with Crippen molar-refractivity contribution in [1.29, 1.82) is 0 Å². The Morgan fingerprint density at radius 2 is 1.96 bits per heavy atom. The van der Waals surface area contributed by atoms with Crippen molar-refractivity contribution in [3.05, 3.63) is 65.2 Å². The number of rotatable bonds is 4. The lowest BCUT2D eigenvalue weighted by atomic mass is 10.00. The van der Waals surface area contributed by atoms with Gasteiger partial charge in [0, 0.05) is 37.2 Å². The fraction of sp³-hybridized carbons (Fsp3) is 0.409. The van der Waals surface area contributed by atoms with Crippen LogP contribution in [0, 0.1) is 0 Å². The quantitative estimate of drug-likeness (QED) is 0.903. The summed E-state index contributed by atoms with van der Waals surface area (Å²) in [6.07, 6.45) is 1.07. The molecule has 0 aliphatic carbocycles. The lowest BCUT2D eigenvalue weighted by Gasteiger charge is -2.31. The van der Waals surface area contributed by atoms with Gasteiger partial charge < -0.3 is 14.8 Å². The molecule has 2 heterocycles. The summed E-state index contributed by atoms with van der Waals surface area (Å²) in [5.41, 5.74) is 2.96. The number of fused-ring (bicyclic) bond motifs is 1. The Balaban J connectivity index is 1.38. The fourth-order valence-corrected chi connectivity index (χ4v) is 3.79. The number of carbonyl (C=O) groups is 1. The van der Waals surface area contributed by atoms with Gasteiger partial charge in [0.1, 0.15) is 5.75 Å². The van der Waals surface area contributed by atoms with Gasteiger partial charge in [-0.2, -0.15) is 0 Å². The van der Waals surface area contributed by atoms with E-state index in [2.05, 4.69) is 17.1 Å². The van der Waals surface area contributed by atoms with Gasteiger partial charge in [0.05, 0.1) is 25.4 Å². The van der Waals surface area contributed by atoms with Crippen LogP contribution in [0.4, 0.5) is 0 Å². The summed E-state index contributed by atoms with van der Waals surface area (Å²) in [6, 6.07) is 15.8. The summed E-state index contributed by atoms with van der Waals surface area (Å²) in [4.78, 5) is 15.1. The maximum absolute atomic E-state index is 12.7.